The van der Waals surface area contributed by atoms with Gasteiger partial charge in [0, 0.05) is 26.4 Å². The highest BCUT2D eigenvalue weighted by molar-refractivity contribution is 5.95. The summed E-state index contributed by atoms with van der Waals surface area (Å²) in [6.07, 6.45) is -3.53. The molecule has 2 N–H and O–H groups in total. The standard InChI is InChI=1S/C18H17F3N4O2/c1-25(2)12-8-14(24-17-15(12)10(9-22-17)18(19,20)21)23-11-4-3-5-13-16(11)27-7-6-26-13/h3-5,8-9H,6-7H2,1-2H3,(H2,22,23,24). The molecule has 0 spiro atoms. The van der Waals surface area contributed by atoms with Gasteiger partial charge in [-0.25, -0.2) is 4.98 Å². The van der Waals surface area contributed by atoms with E-state index in [1.54, 1.807) is 43.3 Å². The molecule has 6 nitrogen and oxygen atoms in total. The predicted octanol–water partition coefficient (Wildman–Crippen LogP) is 4.16. The number of rotatable bonds is 3. The van der Waals surface area contributed by atoms with Gasteiger partial charge in [0.25, 0.3) is 0 Å². The second-order valence-corrected chi connectivity index (χ2v) is 6.30. The number of alkyl halides is 3. The third-order valence-electron chi connectivity index (χ3n) is 4.24. The molecule has 9 heteroatoms. The number of benzene rings is 1. The molecule has 1 aliphatic rings. The second-order valence-electron chi connectivity index (χ2n) is 6.30. The number of hydrogen-bond acceptors (Lipinski definition) is 5. The summed E-state index contributed by atoms with van der Waals surface area (Å²) < 4.78 is 51.2. The molecule has 3 heterocycles. The summed E-state index contributed by atoms with van der Waals surface area (Å²) in [5, 5.41) is 3.16. The van der Waals surface area contributed by atoms with Gasteiger partial charge in [-0.2, -0.15) is 13.2 Å². The van der Waals surface area contributed by atoms with Gasteiger partial charge in [-0.1, -0.05) is 6.07 Å². The largest absolute Gasteiger partial charge is 0.486 e. The summed E-state index contributed by atoms with van der Waals surface area (Å²) in [5.74, 6) is 1.56. The lowest BCUT2D eigenvalue weighted by molar-refractivity contribution is -0.136. The van der Waals surface area contributed by atoms with Gasteiger partial charge in [0.2, 0.25) is 0 Å². The molecule has 0 saturated heterocycles. The maximum Gasteiger partial charge on any atom is 0.418 e. The zero-order valence-electron chi connectivity index (χ0n) is 14.6. The topological polar surface area (TPSA) is 62.4 Å². The van der Waals surface area contributed by atoms with Crippen molar-refractivity contribution < 1.29 is 22.6 Å². The number of hydrogen-bond donors (Lipinski definition) is 2. The van der Waals surface area contributed by atoms with Gasteiger partial charge >= 0.3 is 6.18 Å². The highest BCUT2D eigenvalue weighted by Gasteiger charge is 2.35. The van der Waals surface area contributed by atoms with Crippen LogP contribution < -0.4 is 19.7 Å². The van der Waals surface area contributed by atoms with E-state index in [0.717, 1.165) is 6.20 Å². The number of H-pyrrole nitrogens is 1. The van der Waals surface area contributed by atoms with Crippen molar-refractivity contribution in [1.82, 2.24) is 9.97 Å². The second kappa shape index (κ2) is 6.26. The van der Waals surface area contributed by atoms with E-state index in [1.807, 2.05) is 0 Å². The van der Waals surface area contributed by atoms with E-state index < -0.39 is 11.7 Å². The van der Waals surface area contributed by atoms with Gasteiger partial charge in [-0.15, -0.1) is 0 Å². The molecule has 0 unspecified atom stereocenters. The van der Waals surface area contributed by atoms with Crippen molar-refractivity contribution in [3.8, 4) is 11.5 Å². The fraction of sp³-hybridized carbons (Fsp3) is 0.278. The zero-order chi connectivity index (χ0) is 19.2. The Hall–Kier alpha value is -3.10. The maximum atomic E-state index is 13.3. The molecule has 2 aromatic heterocycles. The first kappa shape index (κ1) is 17.3. The van der Waals surface area contributed by atoms with E-state index in [2.05, 4.69) is 15.3 Å². The lowest BCUT2D eigenvalue weighted by atomic mass is 10.1. The van der Waals surface area contributed by atoms with Gasteiger partial charge in [0.1, 0.15) is 24.7 Å². The lowest BCUT2D eigenvalue weighted by Crippen LogP contribution is -2.16. The Morgan fingerprint density at radius 2 is 1.96 bits per heavy atom. The maximum absolute atomic E-state index is 13.3. The van der Waals surface area contributed by atoms with Gasteiger partial charge in [-0.05, 0) is 12.1 Å². The van der Waals surface area contributed by atoms with E-state index in [1.165, 1.54) is 0 Å². The minimum atomic E-state index is -4.47. The molecule has 1 aromatic carbocycles. The number of aromatic amines is 1. The smallest absolute Gasteiger partial charge is 0.418 e. The Morgan fingerprint density at radius 1 is 1.19 bits per heavy atom. The van der Waals surface area contributed by atoms with Crippen molar-refractivity contribution in [1.29, 1.82) is 0 Å². The van der Waals surface area contributed by atoms with E-state index in [9.17, 15) is 13.2 Å². The van der Waals surface area contributed by atoms with Crippen LogP contribution in [0.2, 0.25) is 0 Å². The fourth-order valence-corrected chi connectivity index (χ4v) is 3.06. The van der Waals surface area contributed by atoms with Crippen molar-refractivity contribution in [3.63, 3.8) is 0 Å². The Bertz CT molecular complexity index is 998. The SMILES string of the molecule is CN(C)c1cc(Nc2cccc3c2OCCO3)nc2[nH]cc(C(F)(F)F)c12. The molecule has 0 amide bonds. The summed E-state index contributed by atoms with van der Waals surface area (Å²) in [6, 6.07) is 6.97. The third-order valence-corrected chi connectivity index (χ3v) is 4.24. The number of halogens is 3. The average molecular weight is 378 g/mol. The minimum absolute atomic E-state index is 0.0349. The molecule has 0 fully saturated rings. The summed E-state index contributed by atoms with van der Waals surface area (Å²) in [6.45, 7) is 0.890. The zero-order valence-corrected chi connectivity index (χ0v) is 14.6. The number of ether oxygens (including phenoxy) is 2. The molecular formula is C18H17F3N4O2. The molecule has 1 aliphatic heterocycles. The number of aromatic nitrogens is 2. The van der Waals surface area contributed by atoms with E-state index in [4.69, 9.17) is 9.47 Å². The van der Waals surface area contributed by atoms with Gasteiger partial charge in [0.05, 0.1) is 22.3 Å². The summed E-state index contributed by atoms with van der Waals surface area (Å²) in [5.41, 5.74) is 0.441. The fourth-order valence-electron chi connectivity index (χ4n) is 3.06. The Balaban J connectivity index is 1.80. The van der Waals surface area contributed by atoms with Gasteiger partial charge in [0.15, 0.2) is 11.5 Å². The van der Waals surface area contributed by atoms with Crippen LogP contribution in [-0.4, -0.2) is 37.3 Å². The first-order valence-corrected chi connectivity index (χ1v) is 8.27. The number of para-hydroxylation sites is 1. The molecule has 0 atom stereocenters. The molecule has 3 aromatic rings. The molecule has 0 saturated carbocycles. The monoisotopic (exact) mass is 378 g/mol. The van der Waals surface area contributed by atoms with Gasteiger partial charge in [-0.3, -0.25) is 0 Å². The molecule has 0 bridgehead atoms. The van der Waals surface area contributed by atoms with Crippen molar-refractivity contribution >= 4 is 28.2 Å². The number of nitrogens with zero attached hydrogens (tertiary/aromatic N) is 2. The van der Waals surface area contributed by atoms with Crippen LogP contribution in [0.15, 0.2) is 30.5 Å². The van der Waals surface area contributed by atoms with Crippen LogP contribution in [0.25, 0.3) is 11.0 Å². The quantitative estimate of drug-likeness (QED) is 0.717. The van der Waals surface area contributed by atoms with Crippen molar-refractivity contribution in [3.05, 3.63) is 36.0 Å². The molecule has 4 rings (SSSR count). The Morgan fingerprint density at radius 3 is 2.70 bits per heavy atom. The predicted molar refractivity (Wildman–Crippen MR) is 96.1 cm³/mol. The van der Waals surface area contributed by atoms with Crippen LogP contribution in [0.4, 0.5) is 30.4 Å². The van der Waals surface area contributed by atoms with Crippen LogP contribution in [0.3, 0.4) is 0 Å². The molecule has 0 radical (unpaired) electrons. The molecule has 142 valence electrons. The number of anilines is 3. The van der Waals surface area contributed by atoms with E-state index in [0.29, 0.717) is 41.9 Å². The summed E-state index contributed by atoms with van der Waals surface area (Å²) in [7, 11) is 3.38. The molecule has 0 aliphatic carbocycles. The first-order chi connectivity index (χ1) is 12.8. The highest BCUT2D eigenvalue weighted by atomic mass is 19.4. The summed E-state index contributed by atoms with van der Waals surface area (Å²) >= 11 is 0. The Labute approximate surface area is 152 Å². The summed E-state index contributed by atoms with van der Waals surface area (Å²) in [4.78, 5) is 8.56. The van der Waals surface area contributed by atoms with Crippen LogP contribution >= 0.6 is 0 Å². The number of nitrogens with one attached hydrogen (secondary N) is 2. The van der Waals surface area contributed by atoms with Gasteiger partial charge < -0.3 is 24.7 Å². The van der Waals surface area contributed by atoms with Crippen molar-refractivity contribution in [2.45, 2.75) is 6.18 Å². The number of pyridine rings is 1. The van der Waals surface area contributed by atoms with Crippen molar-refractivity contribution in [2.75, 3.05) is 37.5 Å². The van der Waals surface area contributed by atoms with E-state index >= 15 is 0 Å². The van der Waals surface area contributed by atoms with Crippen LogP contribution in [0.1, 0.15) is 5.56 Å². The van der Waals surface area contributed by atoms with Crippen LogP contribution in [0, 0.1) is 0 Å². The molecular weight excluding hydrogens is 361 g/mol. The Kier molecular flexibility index (Phi) is 4.01. The van der Waals surface area contributed by atoms with Crippen LogP contribution in [0.5, 0.6) is 11.5 Å². The van der Waals surface area contributed by atoms with Crippen LogP contribution in [-0.2, 0) is 6.18 Å². The molecule has 27 heavy (non-hydrogen) atoms. The highest BCUT2D eigenvalue weighted by Crippen LogP contribution is 2.41. The first-order valence-electron chi connectivity index (χ1n) is 8.27. The minimum Gasteiger partial charge on any atom is -0.486 e. The third kappa shape index (κ3) is 3.09. The lowest BCUT2D eigenvalue weighted by Gasteiger charge is -2.22. The number of fused-ring (bicyclic) bond motifs is 2. The normalized spacial score (nSPS) is 13.7. The van der Waals surface area contributed by atoms with Crippen molar-refractivity contribution in [2.24, 2.45) is 0 Å². The van der Waals surface area contributed by atoms with E-state index in [-0.39, 0.29) is 11.0 Å². The average Bonchev–Trinajstić information content (AvgIpc) is 3.05.